The van der Waals surface area contributed by atoms with Gasteiger partial charge in [-0.2, -0.15) is 12.6 Å². The van der Waals surface area contributed by atoms with Gasteiger partial charge in [0.15, 0.2) is 5.96 Å². The minimum absolute atomic E-state index is 0.0425. The van der Waals surface area contributed by atoms with Crippen LogP contribution in [0, 0.1) is 0 Å². The van der Waals surface area contributed by atoms with Crippen molar-refractivity contribution in [1.29, 1.82) is 0 Å². The van der Waals surface area contributed by atoms with Crippen LogP contribution in [0.25, 0.3) is 0 Å². The van der Waals surface area contributed by atoms with Crippen molar-refractivity contribution in [3.63, 3.8) is 0 Å². The number of aliphatic imine (C=N–C) groups is 1. The maximum atomic E-state index is 13.3. The summed E-state index contributed by atoms with van der Waals surface area (Å²) in [4.78, 5) is 64.8. The van der Waals surface area contributed by atoms with E-state index in [1.54, 1.807) is 30.3 Å². The van der Waals surface area contributed by atoms with Crippen molar-refractivity contribution in [2.45, 2.75) is 56.3 Å². The molecule has 0 aliphatic carbocycles. The summed E-state index contributed by atoms with van der Waals surface area (Å²) in [6.45, 7) is 0.152. The molecule has 1 aromatic carbocycles. The van der Waals surface area contributed by atoms with Gasteiger partial charge in [0, 0.05) is 25.1 Å². The third-order valence-corrected chi connectivity index (χ3v) is 5.66. The van der Waals surface area contributed by atoms with Gasteiger partial charge in [-0.1, -0.05) is 30.3 Å². The zero-order valence-electron chi connectivity index (χ0n) is 20.7. The molecule has 0 saturated carbocycles. The van der Waals surface area contributed by atoms with Crippen molar-refractivity contribution >= 4 is 48.2 Å². The molecule has 15 heteroatoms. The molecule has 0 aliphatic heterocycles. The van der Waals surface area contributed by atoms with Gasteiger partial charge in [-0.05, 0) is 24.8 Å². The Morgan fingerprint density at radius 3 is 2.00 bits per heavy atom. The van der Waals surface area contributed by atoms with Gasteiger partial charge >= 0.3 is 11.9 Å². The van der Waals surface area contributed by atoms with Crippen LogP contribution >= 0.6 is 12.6 Å². The number of carboxylic acids is 2. The van der Waals surface area contributed by atoms with Gasteiger partial charge in [-0.3, -0.25) is 24.2 Å². The van der Waals surface area contributed by atoms with Crippen molar-refractivity contribution in [3.8, 4) is 0 Å². The fourth-order valence-electron chi connectivity index (χ4n) is 3.25. The molecular weight excluding hydrogens is 518 g/mol. The molecule has 1 rings (SSSR count). The number of nitrogens with two attached hydrogens (primary N) is 3. The lowest BCUT2D eigenvalue weighted by molar-refractivity contribution is -0.141. The third kappa shape index (κ3) is 12.4. The highest BCUT2D eigenvalue weighted by atomic mass is 32.1. The van der Waals surface area contributed by atoms with Crippen molar-refractivity contribution in [2.24, 2.45) is 22.2 Å². The summed E-state index contributed by atoms with van der Waals surface area (Å²) < 4.78 is 0. The molecule has 0 bridgehead atoms. The number of guanidine groups is 1. The van der Waals surface area contributed by atoms with Crippen LogP contribution in [-0.4, -0.2) is 82.3 Å². The molecule has 0 fully saturated rings. The number of carbonyl (C=O) groups is 5. The number of aliphatic carboxylic acids is 2. The zero-order chi connectivity index (χ0) is 28.7. The Morgan fingerprint density at radius 2 is 1.45 bits per heavy atom. The van der Waals surface area contributed by atoms with Crippen LogP contribution in [0.3, 0.4) is 0 Å². The van der Waals surface area contributed by atoms with E-state index in [4.69, 9.17) is 22.3 Å². The first-order valence-electron chi connectivity index (χ1n) is 11.8. The smallest absolute Gasteiger partial charge is 0.327 e. The van der Waals surface area contributed by atoms with Crippen molar-refractivity contribution in [3.05, 3.63) is 35.9 Å². The number of nitrogens with zero attached hydrogens (tertiary/aromatic N) is 1. The Balaban J connectivity index is 3.10. The number of carbonyl (C=O) groups excluding carboxylic acids is 3. The van der Waals surface area contributed by atoms with E-state index in [2.05, 4.69) is 33.6 Å². The van der Waals surface area contributed by atoms with Crippen LogP contribution < -0.4 is 33.2 Å². The molecule has 0 saturated heterocycles. The van der Waals surface area contributed by atoms with E-state index in [1.807, 2.05) is 0 Å². The lowest BCUT2D eigenvalue weighted by Gasteiger charge is -2.25. The molecule has 0 heterocycles. The van der Waals surface area contributed by atoms with Gasteiger partial charge in [-0.25, -0.2) is 4.79 Å². The number of amides is 3. The van der Waals surface area contributed by atoms with E-state index in [1.165, 1.54) is 0 Å². The SMILES string of the molecule is NC(N)=NCCCC(NC(=O)C(Cc1ccccc1)NC(=O)C(N)CCC(=O)O)C(=O)NC(CS)C(=O)O. The molecule has 0 aliphatic rings. The molecule has 0 aromatic heterocycles. The molecule has 210 valence electrons. The number of benzene rings is 1. The predicted octanol–water partition coefficient (Wildman–Crippen LogP) is -2.06. The first-order chi connectivity index (χ1) is 17.9. The fraction of sp³-hybridized carbons (Fsp3) is 0.478. The second kappa shape index (κ2) is 16.8. The highest BCUT2D eigenvalue weighted by molar-refractivity contribution is 7.80. The minimum atomic E-state index is -1.30. The Morgan fingerprint density at radius 1 is 0.868 bits per heavy atom. The van der Waals surface area contributed by atoms with Crippen LogP contribution in [0.15, 0.2) is 35.3 Å². The average molecular weight is 554 g/mol. The first kappa shape index (κ1) is 32.2. The summed E-state index contributed by atoms with van der Waals surface area (Å²) in [5.41, 5.74) is 17.1. The monoisotopic (exact) mass is 553 g/mol. The summed E-state index contributed by atoms with van der Waals surface area (Å²) in [7, 11) is 0. The van der Waals surface area contributed by atoms with Gasteiger partial charge in [0.25, 0.3) is 0 Å². The predicted molar refractivity (Wildman–Crippen MR) is 142 cm³/mol. The molecule has 14 nitrogen and oxygen atoms in total. The van der Waals surface area contributed by atoms with E-state index in [-0.39, 0.29) is 50.4 Å². The second-order valence-corrected chi connectivity index (χ2v) is 8.75. The van der Waals surface area contributed by atoms with Gasteiger partial charge < -0.3 is 43.4 Å². The Labute approximate surface area is 225 Å². The molecule has 1 aromatic rings. The number of hydrogen-bond donors (Lipinski definition) is 9. The molecule has 4 unspecified atom stereocenters. The number of nitrogens with one attached hydrogen (secondary N) is 3. The van der Waals surface area contributed by atoms with Gasteiger partial charge in [0.2, 0.25) is 17.7 Å². The van der Waals surface area contributed by atoms with Crippen molar-refractivity contribution in [2.75, 3.05) is 12.3 Å². The van der Waals surface area contributed by atoms with Crippen LogP contribution in [-0.2, 0) is 30.4 Å². The summed E-state index contributed by atoms with van der Waals surface area (Å²) >= 11 is 3.93. The molecule has 0 spiro atoms. The summed E-state index contributed by atoms with van der Waals surface area (Å²) in [6, 6.07) is 3.90. The van der Waals surface area contributed by atoms with E-state index in [9.17, 15) is 29.1 Å². The van der Waals surface area contributed by atoms with Crippen molar-refractivity contribution in [1.82, 2.24) is 16.0 Å². The largest absolute Gasteiger partial charge is 0.481 e. The molecule has 3 amide bonds. The Hall–Kier alpha value is -3.85. The lowest BCUT2D eigenvalue weighted by atomic mass is 10.0. The fourth-order valence-corrected chi connectivity index (χ4v) is 3.50. The maximum absolute atomic E-state index is 13.3. The number of hydrogen-bond acceptors (Lipinski definition) is 8. The van der Waals surface area contributed by atoms with Crippen LogP contribution in [0.1, 0.15) is 31.2 Å². The number of carboxylic acid groups (broad SMARTS) is 2. The Kier molecular flexibility index (Phi) is 14.2. The van der Waals surface area contributed by atoms with E-state index < -0.39 is 53.8 Å². The van der Waals surface area contributed by atoms with Crippen LogP contribution in [0.4, 0.5) is 0 Å². The topological polar surface area (TPSA) is 252 Å². The first-order valence-corrected chi connectivity index (χ1v) is 12.4. The van der Waals surface area contributed by atoms with Crippen LogP contribution in [0.5, 0.6) is 0 Å². The average Bonchev–Trinajstić information content (AvgIpc) is 2.86. The minimum Gasteiger partial charge on any atom is -0.481 e. The lowest BCUT2D eigenvalue weighted by Crippen LogP contribution is -2.57. The maximum Gasteiger partial charge on any atom is 0.327 e. The van der Waals surface area contributed by atoms with Crippen LogP contribution in [0.2, 0.25) is 0 Å². The quantitative estimate of drug-likeness (QED) is 0.0441. The second-order valence-electron chi connectivity index (χ2n) is 8.38. The molecular formula is C23H35N7O7S. The molecule has 4 atom stereocenters. The third-order valence-electron chi connectivity index (χ3n) is 5.30. The van der Waals surface area contributed by atoms with E-state index in [0.717, 1.165) is 0 Å². The van der Waals surface area contributed by atoms with Gasteiger partial charge in [0.1, 0.15) is 18.1 Å². The summed E-state index contributed by atoms with van der Waals surface area (Å²) in [5.74, 6) is -5.00. The summed E-state index contributed by atoms with van der Waals surface area (Å²) in [5, 5.41) is 25.5. The normalized spacial score (nSPS) is 13.7. The van der Waals surface area contributed by atoms with Gasteiger partial charge in [-0.15, -0.1) is 0 Å². The molecule has 0 radical (unpaired) electrons. The Bertz CT molecular complexity index is 990. The standard InChI is InChI=1S/C23H35N7O7S/c24-14(8-9-18(31)32)19(33)29-16(11-13-5-2-1-3-6-13)21(35)28-15(7-4-10-27-23(25)26)20(34)30-17(12-38)22(36)37/h1-3,5-6,14-17,38H,4,7-12,24H2,(H,28,35)(H,29,33)(H,30,34)(H,31,32)(H,36,37)(H4,25,26,27). The molecule has 11 N–H and O–H groups in total. The van der Waals surface area contributed by atoms with E-state index >= 15 is 0 Å². The highest BCUT2D eigenvalue weighted by Gasteiger charge is 2.30. The van der Waals surface area contributed by atoms with Gasteiger partial charge in [0.05, 0.1) is 6.04 Å². The number of thiol groups is 1. The summed E-state index contributed by atoms with van der Waals surface area (Å²) in [6.07, 6.45) is -0.113. The van der Waals surface area contributed by atoms with E-state index in [0.29, 0.717) is 5.56 Å². The zero-order valence-corrected chi connectivity index (χ0v) is 21.6. The number of rotatable bonds is 17. The molecule has 38 heavy (non-hydrogen) atoms. The van der Waals surface area contributed by atoms with Crippen molar-refractivity contribution < 1.29 is 34.2 Å². The highest BCUT2D eigenvalue weighted by Crippen LogP contribution is 2.07.